The summed E-state index contributed by atoms with van der Waals surface area (Å²) >= 11 is 0. The first-order valence-electron chi connectivity index (χ1n) is 8.88. The topological polar surface area (TPSA) is 96.5 Å². The fraction of sp³-hybridized carbons (Fsp3) is 0.421. The Morgan fingerprint density at radius 1 is 1.26 bits per heavy atom. The van der Waals surface area contributed by atoms with Crippen molar-refractivity contribution in [3.05, 3.63) is 46.4 Å². The van der Waals surface area contributed by atoms with Crippen LogP contribution in [-0.4, -0.2) is 43.4 Å². The average molecular weight is 372 g/mol. The zero-order valence-corrected chi connectivity index (χ0v) is 15.5. The molecule has 144 valence electrons. The Morgan fingerprint density at radius 2 is 2.00 bits per heavy atom. The molecule has 1 aromatic carbocycles. The van der Waals surface area contributed by atoms with Gasteiger partial charge in [0.25, 0.3) is 5.56 Å². The molecule has 0 unspecified atom stereocenters. The van der Waals surface area contributed by atoms with Crippen molar-refractivity contribution in [3.63, 3.8) is 0 Å². The monoisotopic (exact) mass is 372 g/mol. The number of aromatic nitrogens is 2. The number of nitrogens with zero attached hydrogens (tertiary/aromatic N) is 2. The smallest absolute Gasteiger partial charge is 0.266 e. The number of H-pyrrole nitrogens is 1. The van der Waals surface area contributed by atoms with Gasteiger partial charge in [0.1, 0.15) is 11.5 Å². The van der Waals surface area contributed by atoms with Crippen molar-refractivity contribution in [2.45, 2.75) is 19.4 Å². The van der Waals surface area contributed by atoms with Crippen LogP contribution in [0.1, 0.15) is 18.4 Å². The molecule has 1 amide bonds. The minimum absolute atomic E-state index is 0.000661. The van der Waals surface area contributed by atoms with Crippen LogP contribution in [0, 0.1) is 5.92 Å². The summed E-state index contributed by atoms with van der Waals surface area (Å²) in [5, 5.41) is 9.20. The summed E-state index contributed by atoms with van der Waals surface area (Å²) in [6, 6.07) is 7.05. The minimum Gasteiger partial charge on any atom is -0.497 e. The van der Waals surface area contributed by atoms with E-state index in [1.54, 1.807) is 26.5 Å². The number of methoxy groups -OCH3 is 2. The molecule has 2 heterocycles. The Hall–Kier alpha value is -3.03. The van der Waals surface area contributed by atoms with Crippen LogP contribution in [0.5, 0.6) is 11.5 Å². The maximum atomic E-state index is 12.6. The number of rotatable bonds is 6. The van der Waals surface area contributed by atoms with E-state index in [0.29, 0.717) is 24.6 Å². The number of hydrogen-bond acceptors (Lipinski definition) is 6. The fourth-order valence-electron chi connectivity index (χ4n) is 3.27. The number of hydrogen-bond donors (Lipinski definition) is 2. The molecule has 0 bridgehead atoms. The molecule has 27 heavy (non-hydrogen) atoms. The van der Waals surface area contributed by atoms with Gasteiger partial charge in [-0.1, -0.05) is 0 Å². The summed E-state index contributed by atoms with van der Waals surface area (Å²) in [7, 11) is 3.19. The zero-order valence-electron chi connectivity index (χ0n) is 15.5. The minimum atomic E-state index is -0.244. The van der Waals surface area contributed by atoms with Gasteiger partial charge >= 0.3 is 0 Å². The van der Waals surface area contributed by atoms with Gasteiger partial charge in [-0.15, -0.1) is 0 Å². The number of piperidine rings is 1. The molecule has 0 radical (unpaired) electrons. The van der Waals surface area contributed by atoms with E-state index in [4.69, 9.17) is 9.47 Å². The van der Waals surface area contributed by atoms with Crippen LogP contribution in [0.3, 0.4) is 0 Å². The molecule has 1 atom stereocenters. The molecule has 0 saturated carbocycles. The van der Waals surface area contributed by atoms with Gasteiger partial charge in [-0.05, 0) is 30.5 Å². The van der Waals surface area contributed by atoms with Gasteiger partial charge in [0, 0.05) is 31.8 Å². The largest absolute Gasteiger partial charge is 0.497 e. The van der Waals surface area contributed by atoms with E-state index < -0.39 is 0 Å². The van der Waals surface area contributed by atoms with Crippen LogP contribution in [0.4, 0.5) is 5.69 Å². The number of benzene rings is 1. The molecule has 1 aliphatic heterocycles. The molecule has 0 aliphatic carbocycles. The second kappa shape index (κ2) is 8.57. The van der Waals surface area contributed by atoms with E-state index >= 15 is 0 Å². The lowest BCUT2D eigenvalue weighted by Crippen LogP contribution is -2.43. The summed E-state index contributed by atoms with van der Waals surface area (Å²) in [5.74, 6) is 1.23. The number of nitrogens with one attached hydrogen (secondary N) is 2. The second-order valence-corrected chi connectivity index (χ2v) is 6.53. The average Bonchev–Trinajstić information content (AvgIpc) is 2.71. The van der Waals surface area contributed by atoms with Crippen molar-refractivity contribution in [3.8, 4) is 11.5 Å². The molecule has 8 nitrogen and oxygen atoms in total. The SMILES string of the molecule is COc1cc(CNC(=O)[C@@H]2CCCN(c3cn[nH]c(=O)c3)C2)cc(OC)c1. The van der Waals surface area contributed by atoms with Crippen molar-refractivity contribution < 1.29 is 14.3 Å². The Morgan fingerprint density at radius 3 is 2.67 bits per heavy atom. The normalized spacial score (nSPS) is 16.7. The van der Waals surface area contributed by atoms with Crippen molar-refractivity contribution >= 4 is 11.6 Å². The van der Waals surface area contributed by atoms with Crippen LogP contribution in [0.2, 0.25) is 0 Å². The van der Waals surface area contributed by atoms with E-state index in [1.165, 1.54) is 6.07 Å². The molecular weight excluding hydrogens is 348 g/mol. The summed E-state index contributed by atoms with van der Waals surface area (Å²) in [6.45, 7) is 1.77. The van der Waals surface area contributed by atoms with Gasteiger partial charge in [0.15, 0.2) is 0 Å². The first kappa shape index (κ1) is 18.8. The summed E-state index contributed by atoms with van der Waals surface area (Å²) in [4.78, 5) is 26.1. The summed E-state index contributed by atoms with van der Waals surface area (Å²) in [6.07, 6.45) is 3.32. The Bertz CT molecular complexity index is 829. The number of carbonyl (C=O) groups is 1. The fourth-order valence-corrected chi connectivity index (χ4v) is 3.27. The molecule has 2 N–H and O–H groups in total. The first-order valence-corrected chi connectivity index (χ1v) is 8.88. The van der Waals surface area contributed by atoms with E-state index in [9.17, 15) is 9.59 Å². The van der Waals surface area contributed by atoms with Crippen LogP contribution >= 0.6 is 0 Å². The Labute approximate surface area is 157 Å². The summed E-state index contributed by atoms with van der Waals surface area (Å²) in [5.41, 5.74) is 1.41. The lowest BCUT2D eigenvalue weighted by atomic mass is 9.96. The first-order chi connectivity index (χ1) is 13.1. The maximum absolute atomic E-state index is 12.6. The lowest BCUT2D eigenvalue weighted by molar-refractivity contribution is -0.125. The van der Waals surface area contributed by atoms with Crippen molar-refractivity contribution in [2.24, 2.45) is 5.92 Å². The molecule has 3 rings (SSSR count). The Kier molecular flexibility index (Phi) is 5.95. The van der Waals surface area contributed by atoms with Gasteiger partial charge in [-0.25, -0.2) is 5.10 Å². The van der Waals surface area contributed by atoms with E-state index in [2.05, 4.69) is 15.5 Å². The Balaban J connectivity index is 1.62. The highest BCUT2D eigenvalue weighted by molar-refractivity contribution is 5.79. The highest BCUT2D eigenvalue weighted by Crippen LogP contribution is 2.24. The number of carbonyl (C=O) groups excluding carboxylic acids is 1. The van der Waals surface area contributed by atoms with Gasteiger partial charge in [-0.2, -0.15) is 5.10 Å². The van der Waals surface area contributed by atoms with Crippen molar-refractivity contribution in [1.82, 2.24) is 15.5 Å². The third kappa shape index (κ3) is 4.78. The van der Waals surface area contributed by atoms with E-state index in [1.807, 2.05) is 17.0 Å². The van der Waals surface area contributed by atoms with Gasteiger partial charge < -0.3 is 19.7 Å². The van der Waals surface area contributed by atoms with Crippen molar-refractivity contribution in [2.75, 3.05) is 32.2 Å². The number of ether oxygens (including phenoxy) is 2. The predicted molar refractivity (Wildman–Crippen MR) is 101 cm³/mol. The highest BCUT2D eigenvalue weighted by atomic mass is 16.5. The van der Waals surface area contributed by atoms with E-state index in [0.717, 1.165) is 30.6 Å². The number of amides is 1. The van der Waals surface area contributed by atoms with Gasteiger partial charge in [0.2, 0.25) is 5.91 Å². The molecule has 0 spiro atoms. The van der Waals surface area contributed by atoms with Crippen LogP contribution in [-0.2, 0) is 11.3 Å². The van der Waals surface area contributed by atoms with Crippen LogP contribution < -0.4 is 25.2 Å². The summed E-state index contributed by atoms with van der Waals surface area (Å²) < 4.78 is 10.5. The molecule has 8 heteroatoms. The molecule has 1 aromatic heterocycles. The predicted octanol–water partition coefficient (Wildman–Crippen LogP) is 1.32. The molecular formula is C19H24N4O4. The number of aromatic amines is 1. The standard InChI is InChI=1S/C19H24N4O4/c1-26-16-6-13(7-17(9-16)27-2)10-20-19(25)14-4-3-5-23(12-14)15-8-18(24)22-21-11-15/h6-9,11,14H,3-5,10,12H2,1-2H3,(H,20,25)(H,22,24)/t14-/m1/s1. The lowest BCUT2D eigenvalue weighted by Gasteiger charge is -2.33. The van der Waals surface area contributed by atoms with Crippen LogP contribution in [0.15, 0.2) is 35.3 Å². The number of anilines is 1. The zero-order chi connectivity index (χ0) is 19.2. The van der Waals surface area contributed by atoms with Gasteiger partial charge in [0.05, 0.1) is 32.0 Å². The molecule has 1 fully saturated rings. The highest BCUT2D eigenvalue weighted by Gasteiger charge is 2.26. The molecule has 2 aromatic rings. The maximum Gasteiger partial charge on any atom is 0.266 e. The molecule has 1 aliphatic rings. The van der Waals surface area contributed by atoms with Crippen molar-refractivity contribution in [1.29, 1.82) is 0 Å². The van der Waals surface area contributed by atoms with Gasteiger partial charge in [-0.3, -0.25) is 9.59 Å². The third-order valence-corrected chi connectivity index (χ3v) is 4.69. The molecule has 1 saturated heterocycles. The van der Waals surface area contributed by atoms with Crippen LogP contribution in [0.25, 0.3) is 0 Å². The third-order valence-electron chi connectivity index (χ3n) is 4.69. The quantitative estimate of drug-likeness (QED) is 0.794. The second-order valence-electron chi connectivity index (χ2n) is 6.53. The van der Waals surface area contributed by atoms with E-state index in [-0.39, 0.29) is 17.4 Å².